The monoisotopic (exact) mass is 264 g/mol. The van der Waals surface area contributed by atoms with Gasteiger partial charge in [-0.3, -0.25) is 0 Å². The van der Waals surface area contributed by atoms with Crippen molar-refractivity contribution in [1.82, 2.24) is 14.9 Å². The van der Waals surface area contributed by atoms with Gasteiger partial charge in [-0.2, -0.15) is 0 Å². The number of rotatable bonds is 3. The van der Waals surface area contributed by atoms with E-state index in [1.165, 1.54) is 0 Å². The van der Waals surface area contributed by atoms with E-state index < -0.39 is 0 Å². The Morgan fingerprint density at radius 1 is 1.47 bits per heavy atom. The first-order valence-electron chi connectivity index (χ1n) is 6.34. The van der Waals surface area contributed by atoms with E-state index in [0.29, 0.717) is 17.7 Å². The summed E-state index contributed by atoms with van der Waals surface area (Å²) in [6.45, 7) is 1.84. The number of nitrogens with zero attached hydrogens (tertiary/aromatic N) is 5. The van der Waals surface area contributed by atoms with Crippen LogP contribution in [0.25, 0.3) is 0 Å². The highest BCUT2D eigenvalue weighted by Crippen LogP contribution is 2.18. The van der Waals surface area contributed by atoms with E-state index in [1.54, 1.807) is 12.3 Å². The van der Waals surface area contributed by atoms with Gasteiger partial charge >= 0.3 is 0 Å². The second-order valence-corrected chi connectivity index (χ2v) is 4.91. The van der Waals surface area contributed by atoms with Crippen LogP contribution < -0.4 is 10.6 Å². The van der Waals surface area contributed by atoms with Gasteiger partial charge in [0.25, 0.3) is 0 Å². The fourth-order valence-electron chi connectivity index (χ4n) is 2.28. The van der Waals surface area contributed by atoms with Crippen molar-refractivity contribution in [3.8, 4) is 0 Å². The molecule has 1 aromatic heterocycles. The normalized spacial score (nSPS) is 18.1. The Morgan fingerprint density at radius 2 is 2.16 bits per heavy atom. The number of oxime groups is 1. The first-order chi connectivity index (χ1) is 9.11. The second kappa shape index (κ2) is 5.83. The molecule has 0 aliphatic carbocycles. The van der Waals surface area contributed by atoms with E-state index in [0.717, 1.165) is 25.9 Å². The molecule has 0 aromatic carbocycles. The average Bonchev–Trinajstić information content (AvgIpc) is 2.46. The summed E-state index contributed by atoms with van der Waals surface area (Å²) in [5.74, 6) is 0.646. The van der Waals surface area contributed by atoms with E-state index in [9.17, 15) is 0 Å². The Bertz CT molecular complexity index is 453. The molecule has 2 heterocycles. The Balaban J connectivity index is 2.07. The van der Waals surface area contributed by atoms with Crippen LogP contribution in [0.5, 0.6) is 0 Å². The van der Waals surface area contributed by atoms with Crippen molar-refractivity contribution in [2.75, 3.05) is 32.1 Å². The Kier molecular flexibility index (Phi) is 4.16. The molecule has 7 heteroatoms. The third kappa shape index (κ3) is 3.11. The summed E-state index contributed by atoms with van der Waals surface area (Å²) in [5.41, 5.74) is 5.99. The van der Waals surface area contributed by atoms with Crippen molar-refractivity contribution < 1.29 is 5.21 Å². The standard InChI is InChI=1S/C12H20N6O/c1-17(2)9-4-7-18(8-5-9)12-14-6-3-10(15-12)11(13)16-19/h3,6,9,19H,4-5,7-8H2,1-2H3,(H2,13,16). The maximum absolute atomic E-state index is 8.67. The van der Waals surface area contributed by atoms with Gasteiger partial charge in [0.05, 0.1) is 0 Å². The molecule has 0 bridgehead atoms. The number of hydrogen-bond acceptors (Lipinski definition) is 6. The van der Waals surface area contributed by atoms with Crippen molar-refractivity contribution in [1.29, 1.82) is 0 Å². The molecule has 0 unspecified atom stereocenters. The molecule has 1 saturated heterocycles. The fourth-order valence-corrected chi connectivity index (χ4v) is 2.28. The van der Waals surface area contributed by atoms with E-state index >= 15 is 0 Å². The second-order valence-electron chi connectivity index (χ2n) is 4.91. The molecule has 1 aromatic rings. The molecule has 7 nitrogen and oxygen atoms in total. The van der Waals surface area contributed by atoms with Gasteiger partial charge in [-0.15, -0.1) is 0 Å². The lowest BCUT2D eigenvalue weighted by molar-refractivity contribution is 0.249. The van der Waals surface area contributed by atoms with Crippen LogP contribution in [0, 0.1) is 0 Å². The predicted molar refractivity (Wildman–Crippen MR) is 73.5 cm³/mol. The molecule has 0 atom stereocenters. The van der Waals surface area contributed by atoms with Gasteiger partial charge in [0.1, 0.15) is 5.69 Å². The molecular formula is C12H20N6O. The zero-order valence-corrected chi connectivity index (χ0v) is 11.3. The summed E-state index contributed by atoms with van der Waals surface area (Å²) in [5, 5.41) is 11.6. The average molecular weight is 264 g/mol. The number of amidine groups is 1. The largest absolute Gasteiger partial charge is 0.409 e. The van der Waals surface area contributed by atoms with Gasteiger partial charge in [0.2, 0.25) is 5.95 Å². The van der Waals surface area contributed by atoms with Crippen LogP contribution in [0.1, 0.15) is 18.5 Å². The molecule has 0 spiro atoms. The molecule has 2 rings (SSSR count). The molecule has 0 amide bonds. The third-order valence-electron chi connectivity index (χ3n) is 3.49. The van der Waals surface area contributed by atoms with Crippen LogP contribution in [-0.2, 0) is 0 Å². The molecule has 1 fully saturated rings. The number of piperidine rings is 1. The molecule has 19 heavy (non-hydrogen) atoms. The van der Waals surface area contributed by atoms with Crippen molar-refractivity contribution >= 4 is 11.8 Å². The van der Waals surface area contributed by atoms with Gasteiger partial charge in [-0.1, -0.05) is 5.16 Å². The number of hydrogen-bond donors (Lipinski definition) is 2. The third-order valence-corrected chi connectivity index (χ3v) is 3.49. The summed E-state index contributed by atoms with van der Waals surface area (Å²) < 4.78 is 0. The maximum atomic E-state index is 8.67. The molecule has 1 aliphatic heterocycles. The molecule has 0 radical (unpaired) electrons. The summed E-state index contributed by atoms with van der Waals surface area (Å²) in [4.78, 5) is 13.0. The highest BCUT2D eigenvalue weighted by molar-refractivity contribution is 5.95. The lowest BCUT2D eigenvalue weighted by atomic mass is 10.0. The van der Waals surface area contributed by atoms with E-state index in [1.807, 2.05) is 0 Å². The minimum Gasteiger partial charge on any atom is -0.409 e. The lowest BCUT2D eigenvalue weighted by Gasteiger charge is -2.35. The summed E-state index contributed by atoms with van der Waals surface area (Å²) in [6.07, 6.45) is 3.81. The number of nitrogens with two attached hydrogens (primary N) is 1. The van der Waals surface area contributed by atoms with Gasteiger partial charge < -0.3 is 20.7 Å². The minimum atomic E-state index is 0.00632. The topological polar surface area (TPSA) is 90.9 Å². The highest BCUT2D eigenvalue weighted by Gasteiger charge is 2.22. The molecule has 0 saturated carbocycles. The van der Waals surface area contributed by atoms with Crippen molar-refractivity contribution in [3.63, 3.8) is 0 Å². The quantitative estimate of drug-likeness (QED) is 0.348. The summed E-state index contributed by atoms with van der Waals surface area (Å²) in [6, 6.07) is 2.24. The SMILES string of the molecule is CN(C)C1CCN(c2nccc(/C(N)=N/O)n2)CC1. The highest BCUT2D eigenvalue weighted by atomic mass is 16.4. The Morgan fingerprint density at radius 3 is 2.74 bits per heavy atom. The van der Waals surface area contributed by atoms with Gasteiger partial charge in [0, 0.05) is 25.3 Å². The Hall–Kier alpha value is -1.89. The van der Waals surface area contributed by atoms with Gasteiger partial charge in [0.15, 0.2) is 5.84 Å². The zero-order chi connectivity index (χ0) is 13.8. The van der Waals surface area contributed by atoms with Crippen LogP contribution in [0.3, 0.4) is 0 Å². The predicted octanol–water partition coefficient (Wildman–Crippen LogP) is 0.102. The smallest absolute Gasteiger partial charge is 0.225 e. The van der Waals surface area contributed by atoms with Crippen LogP contribution in [0.4, 0.5) is 5.95 Å². The molecular weight excluding hydrogens is 244 g/mol. The minimum absolute atomic E-state index is 0.00632. The van der Waals surface area contributed by atoms with Gasteiger partial charge in [-0.25, -0.2) is 9.97 Å². The van der Waals surface area contributed by atoms with Crippen LogP contribution in [0.2, 0.25) is 0 Å². The van der Waals surface area contributed by atoms with E-state index in [4.69, 9.17) is 10.9 Å². The fraction of sp³-hybridized carbons (Fsp3) is 0.583. The van der Waals surface area contributed by atoms with Crippen molar-refractivity contribution in [2.24, 2.45) is 10.9 Å². The first kappa shape index (κ1) is 13.5. The van der Waals surface area contributed by atoms with E-state index in [2.05, 4.69) is 39.0 Å². The number of anilines is 1. The van der Waals surface area contributed by atoms with Crippen LogP contribution >= 0.6 is 0 Å². The van der Waals surface area contributed by atoms with Crippen molar-refractivity contribution in [3.05, 3.63) is 18.0 Å². The lowest BCUT2D eigenvalue weighted by Crippen LogP contribution is -2.42. The van der Waals surface area contributed by atoms with Crippen LogP contribution in [-0.4, -0.2) is 59.1 Å². The molecule has 1 aliphatic rings. The summed E-state index contributed by atoms with van der Waals surface area (Å²) >= 11 is 0. The first-order valence-corrected chi connectivity index (χ1v) is 6.34. The molecule has 104 valence electrons. The zero-order valence-electron chi connectivity index (χ0n) is 11.3. The molecule has 3 N–H and O–H groups in total. The van der Waals surface area contributed by atoms with E-state index in [-0.39, 0.29) is 5.84 Å². The maximum Gasteiger partial charge on any atom is 0.225 e. The van der Waals surface area contributed by atoms with Crippen molar-refractivity contribution in [2.45, 2.75) is 18.9 Å². The summed E-state index contributed by atoms with van der Waals surface area (Å²) in [7, 11) is 4.21. The van der Waals surface area contributed by atoms with Crippen LogP contribution in [0.15, 0.2) is 17.4 Å². The number of aromatic nitrogens is 2. The van der Waals surface area contributed by atoms with Gasteiger partial charge in [-0.05, 0) is 33.0 Å². The Labute approximate surface area is 112 Å².